The first-order valence-corrected chi connectivity index (χ1v) is 7.87. The van der Waals surface area contributed by atoms with E-state index in [4.69, 9.17) is 17.3 Å². The Labute approximate surface area is 134 Å². The molecule has 2 N–H and O–H groups in total. The van der Waals surface area contributed by atoms with Crippen molar-refractivity contribution in [3.05, 3.63) is 50.7 Å². The van der Waals surface area contributed by atoms with E-state index < -0.39 is 0 Å². The van der Waals surface area contributed by atoms with Gasteiger partial charge < -0.3 is 5.73 Å². The molecule has 0 amide bonds. The van der Waals surface area contributed by atoms with Crippen LogP contribution in [0.2, 0.25) is 5.02 Å². The van der Waals surface area contributed by atoms with Crippen molar-refractivity contribution < 1.29 is 4.79 Å². The highest BCUT2D eigenvalue weighted by Gasteiger charge is 2.19. The van der Waals surface area contributed by atoms with E-state index >= 15 is 0 Å². The molecule has 5 nitrogen and oxygen atoms in total. The van der Waals surface area contributed by atoms with E-state index in [-0.39, 0.29) is 17.0 Å². The van der Waals surface area contributed by atoms with Gasteiger partial charge in [0.1, 0.15) is 5.69 Å². The van der Waals surface area contributed by atoms with Crippen molar-refractivity contribution in [1.82, 2.24) is 9.78 Å². The van der Waals surface area contributed by atoms with Crippen LogP contribution in [0, 0.1) is 0 Å². The number of nitrogens with two attached hydrogens (primary N) is 1. The summed E-state index contributed by atoms with van der Waals surface area (Å²) >= 11 is 7.10. The normalized spacial score (nSPS) is 11.0. The molecule has 2 heterocycles. The minimum absolute atomic E-state index is 0.134. The van der Waals surface area contributed by atoms with Crippen LogP contribution in [0.4, 0.5) is 5.00 Å². The zero-order chi connectivity index (χ0) is 15.9. The van der Waals surface area contributed by atoms with Gasteiger partial charge in [0.15, 0.2) is 5.78 Å². The average Bonchev–Trinajstić information content (AvgIpc) is 2.91. The predicted octanol–water partition coefficient (Wildman–Crippen LogP) is 3.28. The maximum atomic E-state index is 12.6. The quantitative estimate of drug-likeness (QED) is 0.746. The summed E-state index contributed by atoms with van der Waals surface area (Å²) in [5, 5.41) is 7.75. The molecule has 0 aliphatic rings. The number of anilines is 1. The van der Waals surface area contributed by atoms with Gasteiger partial charge in [-0.1, -0.05) is 18.5 Å². The molecule has 22 heavy (non-hydrogen) atoms. The third-order valence-electron chi connectivity index (χ3n) is 3.34. The summed E-state index contributed by atoms with van der Waals surface area (Å²) in [4.78, 5) is 24.8. The van der Waals surface area contributed by atoms with Crippen LogP contribution in [0.1, 0.15) is 23.8 Å². The summed E-state index contributed by atoms with van der Waals surface area (Å²) in [6.45, 7) is 1.75. The third-order valence-corrected chi connectivity index (χ3v) is 4.40. The Morgan fingerprint density at radius 2 is 2.05 bits per heavy atom. The van der Waals surface area contributed by atoms with Gasteiger partial charge in [0.2, 0.25) is 0 Å². The number of carbonyl (C=O) groups excluding carboxylic acids is 1. The second-order valence-electron chi connectivity index (χ2n) is 4.71. The van der Waals surface area contributed by atoms with Crippen molar-refractivity contribution in [3.8, 4) is 5.69 Å². The molecule has 1 aromatic carbocycles. The zero-order valence-electron chi connectivity index (χ0n) is 11.7. The number of benzene rings is 1. The molecule has 3 rings (SSSR count). The van der Waals surface area contributed by atoms with Gasteiger partial charge >= 0.3 is 0 Å². The molecule has 2 aromatic heterocycles. The smallest absolute Gasteiger partial charge is 0.282 e. The van der Waals surface area contributed by atoms with E-state index in [0.29, 0.717) is 32.9 Å². The molecule has 0 fully saturated rings. The highest BCUT2D eigenvalue weighted by molar-refractivity contribution is 7.15. The van der Waals surface area contributed by atoms with Gasteiger partial charge in [0, 0.05) is 22.2 Å². The van der Waals surface area contributed by atoms with Gasteiger partial charge in [0.25, 0.3) is 5.56 Å². The largest absolute Gasteiger partial charge is 0.390 e. The van der Waals surface area contributed by atoms with E-state index in [1.165, 1.54) is 16.0 Å². The number of nitrogens with zero attached hydrogens (tertiary/aromatic N) is 2. The highest BCUT2D eigenvalue weighted by Crippen LogP contribution is 2.28. The van der Waals surface area contributed by atoms with Crippen LogP contribution in [0.3, 0.4) is 0 Å². The number of hydrogen-bond acceptors (Lipinski definition) is 5. The molecule has 0 bridgehead atoms. The van der Waals surface area contributed by atoms with Gasteiger partial charge in [-0.25, -0.2) is 0 Å². The lowest BCUT2D eigenvalue weighted by Crippen LogP contribution is -2.24. The Morgan fingerprint density at radius 3 is 2.68 bits per heavy atom. The summed E-state index contributed by atoms with van der Waals surface area (Å²) in [6, 6.07) is 6.66. The topological polar surface area (TPSA) is 78.0 Å². The molecule has 0 saturated heterocycles. The molecular weight excluding hydrogens is 322 g/mol. The van der Waals surface area contributed by atoms with Crippen LogP contribution in [0.15, 0.2) is 34.4 Å². The number of nitrogen functional groups attached to an aromatic ring is 1. The number of ketones is 1. The number of fused-ring (bicyclic) bond motifs is 1. The molecule has 0 unspecified atom stereocenters. The standard InChI is InChI=1S/C15H12ClN3O2S/c1-2-11(20)13-10-7-22-14(17)12(10)15(21)19(18-13)9-5-3-8(16)4-6-9/h3-7H,2,17H2,1H3. The van der Waals surface area contributed by atoms with Gasteiger partial charge in [-0.15, -0.1) is 11.3 Å². The highest BCUT2D eigenvalue weighted by atomic mass is 35.5. The molecule has 0 spiro atoms. The zero-order valence-corrected chi connectivity index (χ0v) is 13.2. The maximum Gasteiger partial charge on any atom is 0.282 e. The lowest BCUT2D eigenvalue weighted by atomic mass is 10.1. The van der Waals surface area contributed by atoms with Crippen LogP contribution in [0.25, 0.3) is 16.5 Å². The molecule has 0 aliphatic heterocycles. The van der Waals surface area contributed by atoms with E-state index in [9.17, 15) is 9.59 Å². The van der Waals surface area contributed by atoms with Gasteiger partial charge in [-0.05, 0) is 24.3 Å². The number of Topliss-reactive ketones (excluding diaryl/α,β-unsaturated/α-hetero) is 1. The van der Waals surface area contributed by atoms with E-state index in [1.54, 1.807) is 36.6 Å². The Kier molecular flexibility index (Phi) is 3.72. The Balaban J connectivity index is 2.38. The molecule has 0 atom stereocenters. The number of rotatable bonds is 3. The van der Waals surface area contributed by atoms with Gasteiger partial charge in [0.05, 0.1) is 16.1 Å². The maximum absolute atomic E-state index is 12.6. The van der Waals surface area contributed by atoms with Crippen LogP contribution in [-0.2, 0) is 0 Å². The summed E-state index contributed by atoms with van der Waals surface area (Å²) in [6.07, 6.45) is 0.302. The second kappa shape index (κ2) is 5.55. The molecule has 0 radical (unpaired) electrons. The number of carbonyl (C=O) groups is 1. The molecule has 0 aliphatic carbocycles. The SMILES string of the molecule is CCC(=O)c1nn(-c2ccc(Cl)cc2)c(=O)c2c(N)scc12. The Hall–Kier alpha value is -2.18. The van der Waals surface area contributed by atoms with Crippen LogP contribution in [0.5, 0.6) is 0 Å². The van der Waals surface area contributed by atoms with Crippen molar-refractivity contribution in [2.24, 2.45) is 0 Å². The monoisotopic (exact) mass is 333 g/mol. The molecule has 0 saturated carbocycles. The minimum atomic E-state index is -0.344. The van der Waals surface area contributed by atoms with Crippen molar-refractivity contribution in [3.63, 3.8) is 0 Å². The van der Waals surface area contributed by atoms with Crippen LogP contribution >= 0.6 is 22.9 Å². The average molecular weight is 334 g/mol. The summed E-state index contributed by atoms with van der Waals surface area (Å²) in [7, 11) is 0. The fourth-order valence-electron chi connectivity index (χ4n) is 2.20. The molecule has 112 valence electrons. The van der Waals surface area contributed by atoms with Crippen molar-refractivity contribution >= 4 is 44.5 Å². The third kappa shape index (κ3) is 2.30. The van der Waals surface area contributed by atoms with Crippen LogP contribution in [-0.4, -0.2) is 15.6 Å². The van der Waals surface area contributed by atoms with Gasteiger partial charge in [-0.3, -0.25) is 9.59 Å². The molecular formula is C15H12ClN3O2S. The van der Waals surface area contributed by atoms with Gasteiger partial charge in [-0.2, -0.15) is 9.78 Å². The van der Waals surface area contributed by atoms with E-state index in [0.717, 1.165) is 0 Å². The Bertz CT molecular complexity index is 928. The van der Waals surface area contributed by atoms with Crippen molar-refractivity contribution in [2.75, 3.05) is 5.73 Å². The lowest BCUT2D eigenvalue weighted by molar-refractivity contribution is 0.0983. The predicted molar refractivity (Wildman–Crippen MR) is 89.3 cm³/mol. The summed E-state index contributed by atoms with van der Waals surface area (Å²) < 4.78 is 1.20. The van der Waals surface area contributed by atoms with Crippen molar-refractivity contribution in [2.45, 2.75) is 13.3 Å². The lowest BCUT2D eigenvalue weighted by Gasteiger charge is -2.08. The summed E-state index contributed by atoms with van der Waals surface area (Å²) in [5.74, 6) is -0.134. The second-order valence-corrected chi connectivity index (χ2v) is 6.06. The first-order chi connectivity index (χ1) is 10.5. The number of aromatic nitrogens is 2. The fraction of sp³-hybridized carbons (Fsp3) is 0.133. The minimum Gasteiger partial charge on any atom is -0.390 e. The first kappa shape index (κ1) is 14.7. The fourth-order valence-corrected chi connectivity index (χ4v) is 3.12. The summed E-state index contributed by atoms with van der Waals surface area (Å²) in [5.41, 5.74) is 6.36. The molecule has 3 aromatic rings. The molecule has 7 heteroatoms. The Morgan fingerprint density at radius 1 is 1.36 bits per heavy atom. The van der Waals surface area contributed by atoms with E-state index in [2.05, 4.69) is 5.10 Å². The number of hydrogen-bond donors (Lipinski definition) is 1. The van der Waals surface area contributed by atoms with Crippen LogP contribution < -0.4 is 11.3 Å². The van der Waals surface area contributed by atoms with Crippen molar-refractivity contribution in [1.29, 1.82) is 0 Å². The first-order valence-electron chi connectivity index (χ1n) is 6.62. The van der Waals surface area contributed by atoms with E-state index in [1.807, 2.05) is 0 Å². The number of halogens is 1. The number of thiophene rings is 1.